The Morgan fingerprint density at radius 1 is 0.879 bits per heavy atom. The van der Waals surface area contributed by atoms with Gasteiger partial charge in [-0.1, -0.05) is 6.07 Å². The largest absolute Gasteiger partial charge is 0.378 e. The normalized spacial score (nSPS) is 17.1. The maximum Gasteiger partial charge on any atom is 0.194 e. The van der Waals surface area contributed by atoms with Crippen LogP contribution in [0.3, 0.4) is 0 Å². The van der Waals surface area contributed by atoms with E-state index in [1.165, 1.54) is 6.07 Å². The number of rotatable bonds is 4. The molecule has 0 amide bonds. The predicted molar refractivity (Wildman–Crippen MR) is 135 cm³/mol. The Hall–Kier alpha value is -2.21. The number of hydrogen-bond donors (Lipinski definition) is 1. The van der Waals surface area contributed by atoms with Crippen molar-refractivity contribution in [3.63, 3.8) is 0 Å². The Morgan fingerprint density at radius 2 is 1.58 bits per heavy atom. The molecule has 2 aliphatic heterocycles. The molecule has 0 bridgehead atoms. The zero-order valence-corrected chi connectivity index (χ0v) is 20.9. The SMILES string of the molecule is CN=C(NCc1ccc(N2CCOCC2)c(F)c1)N1CCN(c2cc(F)ccc2F)CC1.I. The Labute approximate surface area is 209 Å². The fourth-order valence-electron chi connectivity index (χ4n) is 4.12. The number of hydrogen-bond acceptors (Lipinski definition) is 4. The topological polar surface area (TPSA) is 43.3 Å². The number of morpholine rings is 1. The summed E-state index contributed by atoms with van der Waals surface area (Å²) < 4.78 is 47.6. The highest BCUT2D eigenvalue weighted by Gasteiger charge is 2.22. The van der Waals surface area contributed by atoms with Crippen LogP contribution in [-0.4, -0.2) is 70.4 Å². The van der Waals surface area contributed by atoms with Gasteiger partial charge in [0.25, 0.3) is 0 Å². The lowest BCUT2D eigenvalue weighted by molar-refractivity contribution is 0.122. The van der Waals surface area contributed by atoms with Crippen molar-refractivity contribution in [2.45, 2.75) is 6.54 Å². The van der Waals surface area contributed by atoms with Crippen molar-refractivity contribution < 1.29 is 17.9 Å². The van der Waals surface area contributed by atoms with Crippen molar-refractivity contribution in [2.24, 2.45) is 4.99 Å². The number of benzene rings is 2. The van der Waals surface area contributed by atoms with Crippen molar-refractivity contribution in [3.8, 4) is 0 Å². The maximum absolute atomic E-state index is 14.6. The Balaban J connectivity index is 0.00000306. The summed E-state index contributed by atoms with van der Waals surface area (Å²) in [6.45, 7) is 5.34. The van der Waals surface area contributed by atoms with E-state index in [1.807, 2.05) is 21.9 Å². The first-order valence-corrected chi connectivity index (χ1v) is 10.8. The molecule has 0 aliphatic carbocycles. The van der Waals surface area contributed by atoms with Crippen LogP contribution >= 0.6 is 24.0 Å². The summed E-state index contributed by atoms with van der Waals surface area (Å²) in [6, 6.07) is 8.78. The van der Waals surface area contributed by atoms with E-state index in [-0.39, 0.29) is 35.5 Å². The molecule has 180 valence electrons. The van der Waals surface area contributed by atoms with E-state index >= 15 is 0 Å². The maximum atomic E-state index is 14.6. The van der Waals surface area contributed by atoms with Crippen LogP contribution < -0.4 is 15.1 Å². The number of aliphatic imine (C=N–C) groups is 1. The molecule has 0 spiro atoms. The molecule has 1 N–H and O–H groups in total. The van der Waals surface area contributed by atoms with E-state index in [4.69, 9.17) is 4.74 Å². The Bertz CT molecular complexity index is 963. The van der Waals surface area contributed by atoms with Gasteiger partial charge in [0.05, 0.1) is 24.6 Å². The zero-order valence-electron chi connectivity index (χ0n) is 18.6. The third kappa shape index (κ3) is 6.23. The fraction of sp³-hybridized carbons (Fsp3) is 0.435. The number of nitrogens with zero attached hydrogens (tertiary/aromatic N) is 4. The monoisotopic (exact) mass is 575 g/mol. The standard InChI is InChI=1S/C23H28F3N5O.HI/c1-27-23(31-8-6-29(7-9-31)22-15-18(24)3-4-19(22)25)28-16-17-2-5-21(20(26)14-17)30-10-12-32-13-11-30;/h2-5,14-15H,6-13,16H2,1H3,(H,27,28);1H. The van der Waals surface area contributed by atoms with Gasteiger partial charge in [0.2, 0.25) is 0 Å². The summed E-state index contributed by atoms with van der Waals surface area (Å²) in [7, 11) is 1.70. The number of halogens is 4. The van der Waals surface area contributed by atoms with Gasteiger partial charge < -0.3 is 24.8 Å². The summed E-state index contributed by atoms with van der Waals surface area (Å²) >= 11 is 0. The molecule has 2 saturated heterocycles. The van der Waals surface area contributed by atoms with E-state index in [0.29, 0.717) is 70.7 Å². The molecule has 4 rings (SSSR count). The van der Waals surface area contributed by atoms with Gasteiger partial charge in [-0.05, 0) is 29.8 Å². The van der Waals surface area contributed by atoms with Crippen LogP contribution in [0.25, 0.3) is 0 Å². The third-order valence-corrected chi connectivity index (χ3v) is 5.85. The van der Waals surface area contributed by atoms with Crippen LogP contribution in [0.15, 0.2) is 41.4 Å². The number of nitrogens with one attached hydrogen (secondary N) is 1. The Kier molecular flexibility index (Phi) is 9.07. The molecule has 6 nitrogen and oxygen atoms in total. The van der Waals surface area contributed by atoms with Gasteiger partial charge in [0.1, 0.15) is 17.5 Å². The highest BCUT2D eigenvalue weighted by Crippen LogP contribution is 2.23. The number of anilines is 2. The van der Waals surface area contributed by atoms with Crippen LogP contribution in [0.4, 0.5) is 24.5 Å². The van der Waals surface area contributed by atoms with Gasteiger partial charge in [-0.15, -0.1) is 24.0 Å². The number of guanidine groups is 1. The van der Waals surface area contributed by atoms with E-state index in [0.717, 1.165) is 17.7 Å². The van der Waals surface area contributed by atoms with Crippen LogP contribution in [-0.2, 0) is 11.3 Å². The molecule has 10 heteroatoms. The second kappa shape index (κ2) is 11.8. The second-order valence-corrected chi connectivity index (χ2v) is 7.86. The molecule has 2 fully saturated rings. The van der Waals surface area contributed by atoms with Gasteiger partial charge in [-0.2, -0.15) is 0 Å². The molecule has 2 aromatic rings. The van der Waals surface area contributed by atoms with E-state index in [1.54, 1.807) is 13.1 Å². The van der Waals surface area contributed by atoms with Crippen LogP contribution in [0.1, 0.15) is 5.56 Å². The van der Waals surface area contributed by atoms with Crippen molar-refractivity contribution >= 4 is 41.3 Å². The lowest BCUT2D eigenvalue weighted by Crippen LogP contribution is -2.52. The average Bonchev–Trinajstić information content (AvgIpc) is 2.82. The molecule has 0 unspecified atom stereocenters. The van der Waals surface area contributed by atoms with Crippen molar-refractivity contribution in [1.82, 2.24) is 10.2 Å². The van der Waals surface area contributed by atoms with E-state index in [9.17, 15) is 13.2 Å². The van der Waals surface area contributed by atoms with Gasteiger partial charge >= 0.3 is 0 Å². The highest BCUT2D eigenvalue weighted by atomic mass is 127. The molecule has 0 atom stereocenters. The molecule has 2 aliphatic rings. The molecular formula is C23H29F3IN5O. The molecule has 2 heterocycles. The molecule has 0 aromatic heterocycles. The Morgan fingerprint density at radius 3 is 2.24 bits per heavy atom. The van der Waals surface area contributed by atoms with Crippen molar-refractivity contribution in [3.05, 3.63) is 59.4 Å². The van der Waals surface area contributed by atoms with E-state index < -0.39 is 11.6 Å². The molecule has 0 radical (unpaired) electrons. The summed E-state index contributed by atoms with van der Waals surface area (Å²) in [5.74, 6) is -0.424. The van der Waals surface area contributed by atoms with Crippen LogP contribution in [0.5, 0.6) is 0 Å². The summed E-state index contributed by atoms with van der Waals surface area (Å²) in [5.41, 5.74) is 1.70. The summed E-state index contributed by atoms with van der Waals surface area (Å²) in [5, 5.41) is 3.28. The minimum absolute atomic E-state index is 0. The quantitative estimate of drug-likeness (QED) is 0.344. The summed E-state index contributed by atoms with van der Waals surface area (Å²) in [4.78, 5) is 10.2. The van der Waals surface area contributed by atoms with E-state index in [2.05, 4.69) is 15.2 Å². The van der Waals surface area contributed by atoms with Gasteiger partial charge in [-0.3, -0.25) is 4.99 Å². The molecule has 0 saturated carbocycles. The number of piperazine rings is 1. The lowest BCUT2D eigenvalue weighted by atomic mass is 10.1. The second-order valence-electron chi connectivity index (χ2n) is 7.86. The van der Waals surface area contributed by atoms with Crippen molar-refractivity contribution in [1.29, 1.82) is 0 Å². The first-order chi connectivity index (χ1) is 15.5. The first kappa shape index (κ1) is 25.4. The van der Waals surface area contributed by atoms with Gasteiger partial charge in [-0.25, -0.2) is 13.2 Å². The first-order valence-electron chi connectivity index (χ1n) is 10.8. The van der Waals surface area contributed by atoms with Crippen molar-refractivity contribution in [2.75, 3.05) is 69.3 Å². The lowest BCUT2D eigenvalue weighted by Gasteiger charge is -2.37. The minimum atomic E-state index is -0.451. The van der Waals surface area contributed by atoms with Gasteiger partial charge in [0, 0.05) is 58.9 Å². The fourth-order valence-corrected chi connectivity index (χ4v) is 4.12. The smallest absolute Gasteiger partial charge is 0.194 e. The van der Waals surface area contributed by atoms with Gasteiger partial charge in [0.15, 0.2) is 5.96 Å². The summed E-state index contributed by atoms with van der Waals surface area (Å²) in [6.07, 6.45) is 0. The third-order valence-electron chi connectivity index (χ3n) is 5.85. The minimum Gasteiger partial charge on any atom is -0.378 e. The van der Waals surface area contributed by atoms with Crippen LogP contribution in [0, 0.1) is 17.5 Å². The predicted octanol–water partition coefficient (Wildman–Crippen LogP) is 3.46. The van der Waals surface area contributed by atoms with Crippen LogP contribution in [0.2, 0.25) is 0 Å². The zero-order chi connectivity index (χ0) is 22.5. The number of ether oxygens (including phenoxy) is 1. The highest BCUT2D eigenvalue weighted by molar-refractivity contribution is 14.0. The molecular weight excluding hydrogens is 546 g/mol. The molecule has 2 aromatic carbocycles. The molecule has 33 heavy (non-hydrogen) atoms. The average molecular weight is 575 g/mol.